The monoisotopic (exact) mass is 346 g/mol. The highest BCUT2D eigenvalue weighted by Crippen LogP contribution is 2.28. The minimum absolute atomic E-state index is 0.00127. The summed E-state index contributed by atoms with van der Waals surface area (Å²) in [5.74, 6) is -0.259. The Kier molecular flexibility index (Phi) is 4.13. The van der Waals surface area contributed by atoms with Crippen LogP contribution in [0.2, 0.25) is 0 Å². The number of nitro benzene ring substituents is 1. The first-order valence-corrected chi connectivity index (χ1v) is 8.22. The van der Waals surface area contributed by atoms with Crippen molar-refractivity contribution in [1.82, 2.24) is 9.97 Å². The highest BCUT2D eigenvalue weighted by Gasteiger charge is 2.15. The zero-order chi connectivity index (χ0) is 16.4. The molecule has 0 saturated heterocycles. The molecule has 1 amide bonds. The molecule has 0 atom stereocenters. The van der Waals surface area contributed by atoms with Crippen LogP contribution in [-0.2, 0) is 0 Å². The van der Waals surface area contributed by atoms with Gasteiger partial charge in [0.2, 0.25) is 0 Å². The number of carbonyl (C=O) groups is 1. The first-order chi connectivity index (χ1) is 11.0. The molecule has 0 radical (unpaired) electrons. The third kappa shape index (κ3) is 3.25. The van der Waals surface area contributed by atoms with Gasteiger partial charge in [-0.05, 0) is 6.92 Å². The van der Waals surface area contributed by atoms with E-state index >= 15 is 0 Å². The molecular weight excluding hydrogens is 336 g/mol. The molecular formula is C14H10N4O3S2. The van der Waals surface area contributed by atoms with Gasteiger partial charge in [0.15, 0.2) is 5.13 Å². The van der Waals surface area contributed by atoms with Crippen molar-refractivity contribution in [2.45, 2.75) is 6.92 Å². The van der Waals surface area contributed by atoms with E-state index in [0.717, 1.165) is 0 Å². The van der Waals surface area contributed by atoms with E-state index in [4.69, 9.17) is 0 Å². The van der Waals surface area contributed by atoms with Gasteiger partial charge in [-0.25, -0.2) is 9.97 Å². The van der Waals surface area contributed by atoms with Crippen molar-refractivity contribution in [2.75, 3.05) is 5.32 Å². The van der Waals surface area contributed by atoms with Crippen LogP contribution in [0, 0.1) is 17.0 Å². The number of aryl methyl sites for hydroxylation is 1. The maximum Gasteiger partial charge on any atom is 0.270 e. The maximum atomic E-state index is 12.1. The van der Waals surface area contributed by atoms with Crippen molar-refractivity contribution < 1.29 is 9.72 Å². The van der Waals surface area contributed by atoms with Crippen molar-refractivity contribution in [3.8, 4) is 11.3 Å². The van der Waals surface area contributed by atoms with Gasteiger partial charge in [0, 0.05) is 23.1 Å². The molecule has 7 nitrogen and oxygen atoms in total. The Bertz CT molecular complexity index is 888. The van der Waals surface area contributed by atoms with E-state index in [0.29, 0.717) is 27.0 Å². The van der Waals surface area contributed by atoms with Gasteiger partial charge in [-0.1, -0.05) is 12.1 Å². The smallest absolute Gasteiger partial charge is 0.270 e. The zero-order valence-electron chi connectivity index (χ0n) is 11.8. The van der Waals surface area contributed by atoms with Gasteiger partial charge in [0.05, 0.1) is 21.8 Å². The van der Waals surface area contributed by atoms with Crippen LogP contribution in [0.5, 0.6) is 0 Å². The molecule has 0 spiro atoms. The number of aromatic nitrogens is 2. The number of hydrogen-bond acceptors (Lipinski definition) is 7. The van der Waals surface area contributed by atoms with Crippen molar-refractivity contribution in [1.29, 1.82) is 0 Å². The number of hydrogen-bond donors (Lipinski definition) is 1. The summed E-state index contributed by atoms with van der Waals surface area (Å²) in [7, 11) is 0. The van der Waals surface area contributed by atoms with Crippen LogP contribution in [0.3, 0.4) is 0 Å². The van der Waals surface area contributed by atoms with Gasteiger partial charge in [-0.15, -0.1) is 22.7 Å². The molecule has 1 N–H and O–H groups in total. The molecule has 0 unspecified atom stereocenters. The van der Waals surface area contributed by atoms with Gasteiger partial charge in [-0.3, -0.25) is 20.2 Å². The summed E-state index contributed by atoms with van der Waals surface area (Å²) in [6, 6.07) is 6.21. The van der Waals surface area contributed by atoms with Gasteiger partial charge in [0.25, 0.3) is 11.6 Å². The van der Waals surface area contributed by atoms with Crippen LogP contribution in [0.15, 0.2) is 35.2 Å². The summed E-state index contributed by atoms with van der Waals surface area (Å²) in [4.78, 5) is 31.4. The second-order valence-corrected chi connectivity index (χ2v) is 6.28. The van der Waals surface area contributed by atoms with Gasteiger partial charge < -0.3 is 0 Å². The van der Waals surface area contributed by atoms with Crippen LogP contribution in [-0.4, -0.2) is 20.8 Å². The lowest BCUT2D eigenvalue weighted by atomic mass is 10.1. The molecule has 3 rings (SSSR count). The predicted octanol–water partition coefficient (Wildman–Crippen LogP) is 3.74. The highest BCUT2D eigenvalue weighted by atomic mass is 32.1. The molecule has 2 heterocycles. The molecule has 0 aliphatic carbocycles. The van der Waals surface area contributed by atoms with Crippen molar-refractivity contribution in [2.24, 2.45) is 0 Å². The number of benzene rings is 1. The van der Waals surface area contributed by atoms with Crippen molar-refractivity contribution in [3.05, 3.63) is 55.8 Å². The normalized spacial score (nSPS) is 10.5. The molecule has 116 valence electrons. The van der Waals surface area contributed by atoms with Crippen LogP contribution in [0.1, 0.15) is 15.4 Å². The number of nitrogens with zero attached hydrogens (tertiary/aromatic N) is 3. The topological polar surface area (TPSA) is 98.0 Å². The second kappa shape index (κ2) is 6.23. The molecule has 0 aliphatic rings. The second-order valence-electron chi connectivity index (χ2n) is 4.57. The Labute approximate surface area is 138 Å². The number of nitrogens with one attached hydrogen (secondary N) is 1. The quantitative estimate of drug-likeness (QED) is 0.573. The molecule has 3 aromatic rings. The zero-order valence-corrected chi connectivity index (χ0v) is 13.5. The first-order valence-electron chi connectivity index (χ1n) is 6.46. The van der Waals surface area contributed by atoms with E-state index in [1.807, 2.05) is 0 Å². The molecule has 1 aromatic carbocycles. The minimum atomic E-state index is -0.453. The van der Waals surface area contributed by atoms with Gasteiger partial charge >= 0.3 is 0 Å². The van der Waals surface area contributed by atoms with Gasteiger partial charge in [0.1, 0.15) is 4.88 Å². The number of thiazole rings is 2. The van der Waals surface area contributed by atoms with Gasteiger partial charge in [-0.2, -0.15) is 0 Å². The average molecular weight is 346 g/mol. The molecule has 23 heavy (non-hydrogen) atoms. The van der Waals surface area contributed by atoms with Crippen LogP contribution in [0.4, 0.5) is 10.8 Å². The molecule has 0 aliphatic heterocycles. The van der Waals surface area contributed by atoms with E-state index < -0.39 is 4.92 Å². The largest absolute Gasteiger partial charge is 0.297 e. The molecule has 2 aromatic heterocycles. The van der Waals surface area contributed by atoms with E-state index in [9.17, 15) is 14.9 Å². The van der Waals surface area contributed by atoms with E-state index in [2.05, 4.69) is 15.3 Å². The first kappa shape index (κ1) is 15.3. The third-order valence-corrected chi connectivity index (χ3v) is 4.71. The predicted molar refractivity (Wildman–Crippen MR) is 89.0 cm³/mol. The molecule has 0 bridgehead atoms. The van der Waals surface area contributed by atoms with Crippen LogP contribution >= 0.6 is 22.7 Å². The number of rotatable bonds is 4. The Balaban J connectivity index is 1.81. The minimum Gasteiger partial charge on any atom is -0.297 e. The average Bonchev–Trinajstić information content (AvgIpc) is 3.16. The standard InChI is InChI=1S/C14H10N4O3S2/c1-8-12(23-7-15-8)13(19)17-14-16-11(6-22-14)9-3-2-4-10(5-9)18(20)21/h2-7H,1H3,(H,16,17,19). The number of non-ortho nitro benzene ring substituents is 1. The number of amides is 1. The van der Waals surface area contributed by atoms with Crippen LogP contribution in [0.25, 0.3) is 11.3 Å². The SMILES string of the molecule is Cc1ncsc1C(=O)Nc1nc(-c2cccc([N+](=O)[O-])c2)cs1. The van der Waals surface area contributed by atoms with Crippen molar-refractivity contribution >= 4 is 39.4 Å². The van der Waals surface area contributed by atoms with E-state index in [-0.39, 0.29) is 11.6 Å². The number of carbonyl (C=O) groups excluding carboxylic acids is 1. The fourth-order valence-electron chi connectivity index (χ4n) is 1.92. The summed E-state index contributed by atoms with van der Waals surface area (Å²) >= 11 is 2.53. The lowest BCUT2D eigenvalue weighted by Crippen LogP contribution is -2.11. The molecule has 0 fully saturated rings. The van der Waals surface area contributed by atoms with E-state index in [1.165, 1.54) is 34.8 Å². The summed E-state index contributed by atoms with van der Waals surface area (Å²) in [5.41, 5.74) is 3.49. The lowest BCUT2D eigenvalue weighted by Gasteiger charge is -1.99. The summed E-state index contributed by atoms with van der Waals surface area (Å²) < 4.78 is 0. The Hall–Kier alpha value is -2.65. The maximum absolute atomic E-state index is 12.1. The molecule has 0 saturated carbocycles. The lowest BCUT2D eigenvalue weighted by molar-refractivity contribution is -0.384. The van der Waals surface area contributed by atoms with E-state index in [1.54, 1.807) is 29.9 Å². The summed E-state index contributed by atoms with van der Waals surface area (Å²) in [5, 5.41) is 15.7. The Morgan fingerprint density at radius 1 is 1.35 bits per heavy atom. The van der Waals surface area contributed by atoms with Crippen molar-refractivity contribution in [3.63, 3.8) is 0 Å². The number of anilines is 1. The fraction of sp³-hybridized carbons (Fsp3) is 0.0714. The number of nitro groups is 1. The third-order valence-electron chi connectivity index (χ3n) is 3.03. The summed E-state index contributed by atoms with van der Waals surface area (Å²) in [6.45, 7) is 1.77. The highest BCUT2D eigenvalue weighted by molar-refractivity contribution is 7.14. The van der Waals surface area contributed by atoms with Crippen LogP contribution < -0.4 is 5.32 Å². The summed E-state index contributed by atoms with van der Waals surface area (Å²) in [6.07, 6.45) is 0. The fourth-order valence-corrected chi connectivity index (χ4v) is 3.33. The molecule has 9 heteroatoms. The Morgan fingerprint density at radius 2 is 2.17 bits per heavy atom. The Morgan fingerprint density at radius 3 is 2.87 bits per heavy atom.